The number of halogens is 1. The lowest BCUT2D eigenvalue weighted by Crippen LogP contribution is -2.51. The van der Waals surface area contributed by atoms with Crippen molar-refractivity contribution in [2.75, 3.05) is 26.2 Å². The number of ether oxygens (including phenoxy) is 1. The predicted octanol–water partition coefficient (Wildman–Crippen LogP) is 5.19. The summed E-state index contributed by atoms with van der Waals surface area (Å²) < 4.78 is 20.5. The molecule has 5 heteroatoms. The summed E-state index contributed by atoms with van der Waals surface area (Å²) in [5.74, 6) is -0.214. The molecule has 3 aromatic carbocycles. The van der Waals surface area contributed by atoms with Crippen LogP contribution in [0.1, 0.15) is 41.1 Å². The fourth-order valence-electron chi connectivity index (χ4n) is 5.78. The normalized spacial score (nSPS) is 24.6. The Morgan fingerprint density at radius 3 is 2.59 bits per heavy atom. The van der Waals surface area contributed by atoms with Crippen LogP contribution < -0.4 is 0 Å². The number of fused-ring (bicyclic) bond motifs is 1. The second-order valence-corrected chi connectivity index (χ2v) is 9.78. The van der Waals surface area contributed by atoms with E-state index in [9.17, 15) is 4.39 Å². The van der Waals surface area contributed by atoms with Crippen LogP contribution in [0.5, 0.6) is 0 Å². The summed E-state index contributed by atoms with van der Waals surface area (Å²) in [5.41, 5.74) is 4.74. The Morgan fingerprint density at radius 2 is 1.74 bits per heavy atom. The van der Waals surface area contributed by atoms with Gasteiger partial charge in [-0.1, -0.05) is 66.7 Å². The summed E-state index contributed by atoms with van der Waals surface area (Å²) in [5, 5.41) is 0. The maximum atomic E-state index is 13.7. The number of aliphatic imine (C=N–C) groups is 1. The summed E-state index contributed by atoms with van der Waals surface area (Å²) in [4.78, 5) is 9.76. The summed E-state index contributed by atoms with van der Waals surface area (Å²) in [7, 11) is 0. The largest absolute Gasteiger partial charge is 0.455 e. The van der Waals surface area contributed by atoms with Crippen LogP contribution >= 0.6 is 0 Å². The summed E-state index contributed by atoms with van der Waals surface area (Å²) in [6, 6.07) is 26.8. The van der Waals surface area contributed by atoms with Crippen LogP contribution in [0.15, 0.2) is 83.9 Å². The molecule has 3 aromatic rings. The van der Waals surface area contributed by atoms with Crippen LogP contribution in [-0.4, -0.2) is 47.6 Å². The third-order valence-electron chi connectivity index (χ3n) is 7.39. The van der Waals surface area contributed by atoms with Gasteiger partial charge in [0.1, 0.15) is 11.4 Å². The van der Waals surface area contributed by atoms with Gasteiger partial charge in [0.15, 0.2) is 0 Å². The van der Waals surface area contributed by atoms with Crippen LogP contribution in [-0.2, 0) is 17.7 Å². The van der Waals surface area contributed by atoms with Gasteiger partial charge in [0.05, 0.1) is 12.6 Å². The number of rotatable bonds is 3. The van der Waals surface area contributed by atoms with Gasteiger partial charge in [0.25, 0.3) is 6.02 Å². The summed E-state index contributed by atoms with van der Waals surface area (Å²) in [6.45, 7) is 4.45. The number of hydrogen-bond donors (Lipinski definition) is 0. The van der Waals surface area contributed by atoms with Gasteiger partial charge in [0, 0.05) is 19.6 Å². The minimum Gasteiger partial charge on any atom is -0.455 e. The Kier molecular flexibility index (Phi) is 5.58. The first-order valence-electron chi connectivity index (χ1n) is 12.3. The van der Waals surface area contributed by atoms with Gasteiger partial charge in [-0.2, -0.15) is 0 Å². The van der Waals surface area contributed by atoms with Gasteiger partial charge < -0.3 is 9.64 Å². The molecular formula is C29H30FN3O. The highest BCUT2D eigenvalue weighted by Gasteiger charge is 2.45. The van der Waals surface area contributed by atoms with Crippen LogP contribution in [0.2, 0.25) is 0 Å². The Labute approximate surface area is 200 Å². The van der Waals surface area contributed by atoms with E-state index in [2.05, 4.69) is 64.4 Å². The first-order chi connectivity index (χ1) is 16.7. The van der Waals surface area contributed by atoms with Crippen LogP contribution in [0.4, 0.5) is 4.39 Å². The maximum Gasteiger partial charge on any atom is 0.288 e. The topological polar surface area (TPSA) is 28.1 Å². The molecule has 3 aliphatic rings. The molecule has 34 heavy (non-hydrogen) atoms. The van der Waals surface area contributed by atoms with E-state index >= 15 is 0 Å². The van der Waals surface area contributed by atoms with E-state index in [-0.39, 0.29) is 17.5 Å². The molecule has 0 radical (unpaired) electrons. The van der Waals surface area contributed by atoms with Crippen LogP contribution in [0, 0.1) is 5.82 Å². The molecule has 3 aliphatic heterocycles. The Balaban J connectivity index is 1.24. The zero-order chi connectivity index (χ0) is 23.0. The van der Waals surface area contributed by atoms with Gasteiger partial charge >= 0.3 is 0 Å². The molecule has 1 unspecified atom stereocenters. The monoisotopic (exact) mass is 455 g/mol. The molecule has 174 valence electrons. The molecule has 0 bridgehead atoms. The molecule has 2 atom stereocenters. The number of hydrogen-bond acceptors (Lipinski definition) is 4. The average molecular weight is 456 g/mol. The van der Waals surface area contributed by atoms with E-state index in [1.807, 2.05) is 12.1 Å². The van der Waals surface area contributed by atoms with Gasteiger partial charge in [-0.25, -0.2) is 9.38 Å². The Morgan fingerprint density at radius 1 is 0.941 bits per heavy atom. The third-order valence-corrected chi connectivity index (χ3v) is 7.39. The lowest BCUT2D eigenvalue weighted by Gasteiger charge is -2.42. The first kappa shape index (κ1) is 21.4. The van der Waals surface area contributed by atoms with Crippen molar-refractivity contribution in [2.24, 2.45) is 4.99 Å². The quantitative estimate of drug-likeness (QED) is 0.544. The van der Waals surface area contributed by atoms with Gasteiger partial charge in [-0.3, -0.25) is 4.90 Å². The highest BCUT2D eigenvalue weighted by atomic mass is 19.1. The third kappa shape index (κ3) is 4.09. The maximum absolute atomic E-state index is 13.7. The van der Waals surface area contributed by atoms with E-state index in [0.717, 1.165) is 57.0 Å². The van der Waals surface area contributed by atoms with E-state index in [1.165, 1.54) is 16.7 Å². The molecular weight excluding hydrogens is 425 g/mol. The number of likely N-dealkylation sites (tertiary alicyclic amines) is 1. The van der Waals surface area contributed by atoms with E-state index in [0.29, 0.717) is 6.54 Å². The molecule has 4 nitrogen and oxygen atoms in total. The van der Waals surface area contributed by atoms with Crippen molar-refractivity contribution in [1.29, 1.82) is 0 Å². The number of nitrogens with zero attached hydrogens (tertiary/aromatic N) is 3. The van der Waals surface area contributed by atoms with E-state index in [1.54, 1.807) is 12.1 Å². The molecule has 1 saturated heterocycles. The second kappa shape index (κ2) is 8.88. The number of amidine groups is 1. The summed E-state index contributed by atoms with van der Waals surface area (Å²) >= 11 is 0. The Hall–Kier alpha value is -3.18. The zero-order valence-electron chi connectivity index (χ0n) is 19.4. The minimum atomic E-state index is -0.257. The fourth-order valence-corrected chi connectivity index (χ4v) is 5.78. The summed E-state index contributed by atoms with van der Waals surface area (Å²) in [6.07, 6.45) is 3.08. The predicted molar refractivity (Wildman–Crippen MR) is 132 cm³/mol. The molecule has 1 fully saturated rings. The SMILES string of the molecule is Fc1ccc([C@H]2c3ccccc3CCN2C2=NCC3(CCCN(Cc4ccccc4)C3)O2)cc1. The van der Waals surface area contributed by atoms with Crippen LogP contribution in [0.25, 0.3) is 0 Å². The highest BCUT2D eigenvalue weighted by Crippen LogP contribution is 2.39. The van der Waals surface area contributed by atoms with Gasteiger partial charge in [0.2, 0.25) is 0 Å². The van der Waals surface area contributed by atoms with Crippen molar-refractivity contribution < 1.29 is 9.13 Å². The van der Waals surface area contributed by atoms with Crippen LogP contribution in [0.3, 0.4) is 0 Å². The lowest BCUT2D eigenvalue weighted by atomic mass is 9.88. The standard InChI is InChI=1S/C29H30FN3O/c30-25-13-11-24(12-14-25)27-26-10-5-4-9-23(26)15-18-33(27)28-31-20-29(34-28)16-6-17-32(21-29)19-22-7-2-1-3-8-22/h1-5,7-14,27H,6,15-21H2/t27-,29?/m0/s1. The van der Waals surface area contributed by atoms with E-state index in [4.69, 9.17) is 9.73 Å². The van der Waals surface area contributed by atoms with E-state index < -0.39 is 0 Å². The Bertz CT molecular complexity index is 1180. The van der Waals surface area contributed by atoms with Gasteiger partial charge in [-0.15, -0.1) is 0 Å². The van der Waals surface area contributed by atoms with Crippen molar-refractivity contribution in [1.82, 2.24) is 9.80 Å². The first-order valence-corrected chi connectivity index (χ1v) is 12.3. The smallest absolute Gasteiger partial charge is 0.288 e. The second-order valence-electron chi connectivity index (χ2n) is 9.78. The van der Waals surface area contributed by atoms with Crippen molar-refractivity contribution >= 4 is 6.02 Å². The molecule has 0 aliphatic carbocycles. The number of benzene rings is 3. The molecule has 1 spiro atoms. The van der Waals surface area contributed by atoms with Crippen molar-refractivity contribution in [3.8, 4) is 0 Å². The minimum absolute atomic E-state index is 0.0246. The zero-order valence-corrected chi connectivity index (χ0v) is 19.4. The molecule has 6 rings (SSSR count). The molecule has 3 heterocycles. The van der Waals surface area contributed by atoms with Gasteiger partial charge in [-0.05, 0) is 60.2 Å². The average Bonchev–Trinajstić information content (AvgIpc) is 3.27. The highest BCUT2D eigenvalue weighted by molar-refractivity contribution is 5.78. The van der Waals surface area contributed by atoms with Crippen molar-refractivity contribution in [2.45, 2.75) is 37.5 Å². The van der Waals surface area contributed by atoms with Crippen molar-refractivity contribution in [3.05, 3.63) is 107 Å². The molecule has 0 saturated carbocycles. The molecule has 0 amide bonds. The number of piperidine rings is 1. The lowest BCUT2D eigenvalue weighted by molar-refractivity contribution is -0.0108. The fraction of sp³-hybridized carbons (Fsp3) is 0.345. The van der Waals surface area contributed by atoms with Crippen molar-refractivity contribution in [3.63, 3.8) is 0 Å². The molecule has 0 aromatic heterocycles. The molecule has 0 N–H and O–H groups in total.